The maximum atomic E-state index is 13.8. The Morgan fingerprint density at radius 2 is 2.04 bits per heavy atom. The summed E-state index contributed by atoms with van der Waals surface area (Å²) < 4.78 is 50.9. The highest BCUT2D eigenvalue weighted by molar-refractivity contribution is 7.89. The van der Waals surface area contributed by atoms with E-state index in [1.807, 2.05) is 0 Å². The Morgan fingerprint density at radius 1 is 1.27 bits per heavy atom. The number of ether oxygens (including phenoxy) is 2. The van der Waals surface area contributed by atoms with E-state index in [-0.39, 0.29) is 23.6 Å². The number of benzene rings is 1. The standard InChI is InChI=1S/C17H17FN2O5S/c1-24-17(21)15-9-12(25-16-7-3-2-6-14(16)18)11-20(15)26(22,23)13-5-4-8-19-10-13/h2-8,10,12,15H,9,11H2,1H3/t12-,15-/m1/s1. The Bertz CT molecular complexity index is 891. The molecule has 1 aromatic carbocycles. The number of esters is 1. The molecule has 7 nitrogen and oxygen atoms in total. The van der Waals surface area contributed by atoms with Crippen LogP contribution in [0, 0.1) is 5.82 Å². The van der Waals surface area contributed by atoms with Crippen LogP contribution in [0.5, 0.6) is 5.75 Å². The summed E-state index contributed by atoms with van der Waals surface area (Å²) in [5, 5.41) is 0. The van der Waals surface area contributed by atoms with E-state index in [4.69, 9.17) is 9.47 Å². The van der Waals surface area contributed by atoms with E-state index < -0.39 is 34.0 Å². The number of hydrogen-bond donors (Lipinski definition) is 0. The highest BCUT2D eigenvalue weighted by Gasteiger charge is 2.45. The topological polar surface area (TPSA) is 85.8 Å². The molecule has 1 aliphatic rings. The third-order valence-electron chi connectivity index (χ3n) is 4.06. The fourth-order valence-corrected chi connectivity index (χ4v) is 4.41. The van der Waals surface area contributed by atoms with Gasteiger partial charge >= 0.3 is 5.97 Å². The summed E-state index contributed by atoms with van der Waals surface area (Å²) >= 11 is 0. The lowest BCUT2D eigenvalue weighted by molar-refractivity contribution is -0.144. The van der Waals surface area contributed by atoms with E-state index in [9.17, 15) is 17.6 Å². The minimum Gasteiger partial charge on any atom is -0.486 e. The van der Waals surface area contributed by atoms with Crippen molar-refractivity contribution in [2.45, 2.75) is 23.5 Å². The SMILES string of the molecule is COC(=O)[C@H]1C[C@@H](Oc2ccccc2F)CN1S(=O)(=O)c1cccnc1. The average molecular weight is 380 g/mol. The average Bonchev–Trinajstić information content (AvgIpc) is 3.08. The van der Waals surface area contributed by atoms with Crippen molar-refractivity contribution in [1.29, 1.82) is 0 Å². The first-order valence-corrected chi connectivity index (χ1v) is 9.28. The van der Waals surface area contributed by atoms with E-state index in [0.29, 0.717) is 0 Å². The van der Waals surface area contributed by atoms with E-state index in [2.05, 4.69) is 4.98 Å². The zero-order valence-corrected chi connectivity index (χ0v) is 14.7. The Hall–Kier alpha value is -2.52. The Morgan fingerprint density at radius 3 is 2.69 bits per heavy atom. The van der Waals surface area contributed by atoms with Gasteiger partial charge in [-0.05, 0) is 24.3 Å². The van der Waals surface area contributed by atoms with Crippen LogP contribution in [0.25, 0.3) is 0 Å². The molecule has 3 rings (SSSR count). The second-order valence-electron chi connectivity index (χ2n) is 5.71. The lowest BCUT2D eigenvalue weighted by Crippen LogP contribution is -2.41. The highest BCUT2D eigenvalue weighted by Crippen LogP contribution is 2.30. The number of hydrogen-bond acceptors (Lipinski definition) is 6. The van der Waals surface area contributed by atoms with Crippen LogP contribution in [0.2, 0.25) is 0 Å². The number of sulfonamides is 1. The van der Waals surface area contributed by atoms with E-state index in [1.54, 1.807) is 6.07 Å². The van der Waals surface area contributed by atoms with Gasteiger partial charge in [0.1, 0.15) is 17.0 Å². The van der Waals surface area contributed by atoms with Gasteiger partial charge in [-0.3, -0.25) is 9.78 Å². The van der Waals surface area contributed by atoms with Gasteiger partial charge in [0, 0.05) is 18.8 Å². The van der Waals surface area contributed by atoms with Crippen LogP contribution in [0.1, 0.15) is 6.42 Å². The molecule has 138 valence electrons. The smallest absolute Gasteiger partial charge is 0.324 e. The summed E-state index contributed by atoms with van der Waals surface area (Å²) in [5.41, 5.74) is 0. The van der Waals surface area contributed by atoms with Crippen molar-refractivity contribution in [3.05, 3.63) is 54.6 Å². The molecule has 0 aliphatic carbocycles. The number of carbonyl (C=O) groups excluding carboxylic acids is 1. The lowest BCUT2D eigenvalue weighted by atomic mass is 10.2. The van der Waals surface area contributed by atoms with Gasteiger partial charge in [0.15, 0.2) is 11.6 Å². The molecule has 0 spiro atoms. The van der Waals surface area contributed by atoms with Crippen molar-refractivity contribution >= 4 is 16.0 Å². The van der Waals surface area contributed by atoms with E-state index in [0.717, 1.165) is 4.31 Å². The molecule has 0 bridgehead atoms. The fourth-order valence-electron chi connectivity index (χ4n) is 2.82. The van der Waals surface area contributed by atoms with Gasteiger partial charge in [-0.2, -0.15) is 4.31 Å². The summed E-state index contributed by atoms with van der Waals surface area (Å²) in [6, 6.07) is 7.64. The predicted molar refractivity (Wildman–Crippen MR) is 89.4 cm³/mol. The summed E-state index contributed by atoms with van der Waals surface area (Å²) in [5.74, 6) is -1.26. The minimum absolute atomic E-state index is 0.00161. The minimum atomic E-state index is -3.98. The van der Waals surface area contributed by atoms with Crippen LogP contribution < -0.4 is 4.74 Å². The molecule has 1 fully saturated rings. The summed E-state index contributed by atoms with van der Waals surface area (Å²) in [6.07, 6.45) is 2.02. The third-order valence-corrected chi connectivity index (χ3v) is 5.92. The highest BCUT2D eigenvalue weighted by atomic mass is 32.2. The largest absolute Gasteiger partial charge is 0.486 e. The van der Waals surface area contributed by atoms with Crippen LogP contribution in [0.3, 0.4) is 0 Å². The molecular formula is C17H17FN2O5S. The van der Waals surface area contributed by atoms with Crippen molar-refractivity contribution in [3.63, 3.8) is 0 Å². The zero-order valence-electron chi connectivity index (χ0n) is 13.9. The number of pyridine rings is 1. The van der Waals surface area contributed by atoms with Gasteiger partial charge in [0.2, 0.25) is 10.0 Å². The first-order chi connectivity index (χ1) is 12.4. The van der Waals surface area contributed by atoms with Gasteiger partial charge in [-0.25, -0.2) is 12.8 Å². The summed E-state index contributed by atoms with van der Waals surface area (Å²) in [4.78, 5) is 15.9. The van der Waals surface area contributed by atoms with Crippen LogP contribution in [0.4, 0.5) is 4.39 Å². The summed E-state index contributed by atoms with van der Waals surface area (Å²) in [7, 11) is -2.80. The van der Waals surface area contributed by atoms with Crippen molar-refractivity contribution in [1.82, 2.24) is 9.29 Å². The van der Waals surface area contributed by atoms with E-state index >= 15 is 0 Å². The molecule has 2 atom stereocenters. The first kappa shape index (κ1) is 18.3. The number of carbonyl (C=O) groups is 1. The van der Waals surface area contributed by atoms with Gasteiger partial charge in [0.05, 0.1) is 13.7 Å². The number of nitrogens with zero attached hydrogens (tertiary/aromatic N) is 2. The molecule has 9 heteroatoms. The van der Waals surface area contributed by atoms with E-state index in [1.165, 1.54) is 49.8 Å². The quantitative estimate of drug-likeness (QED) is 0.733. The van der Waals surface area contributed by atoms with Crippen molar-refractivity contribution in [2.75, 3.05) is 13.7 Å². The number of methoxy groups -OCH3 is 1. The molecule has 1 aliphatic heterocycles. The van der Waals surface area contributed by atoms with Crippen LogP contribution >= 0.6 is 0 Å². The Balaban J connectivity index is 1.88. The second kappa shape index (κ2) is 7.38. The zero-order chi connectivity index (χ0) is 18.7. The van der Waals surface area contributed by atoms with Crippen molar-refractivity contribution < 1.29 is 27.1 Å². The van der Waals surface area contributed by atoms with Gasteiger partial charge < -0.3 is 9.47 Å². The molecule has 1 saturated heterocycles. The molecule has 1 aromatic heterocycles. The molecule has 2 heterocycles. The molecule has 0 N–H and O–H groups in total. The molecule has 0 radical (unpaired) electrons. The predicted octanol–water partition coefficient (Wildman–Crippen LogP) is 1.60. The molecular weight excluding hydrogens is 363 g/mol. The third kappa shape index (κ3) is 3.54. The maximum absolute atomic E-state index is 13.8. The monoisotopic (exact) mass is 380 g/mol. The van der Waals surface area contributed by atoms with Crippen LogP contribution in [0.15, 0.2) is 53.7 Å². The van der Waals surface area contributed by atoms with Gasteiger partial charge in [0.25, 0.3) is 0 Å². The Labute approximate surface area is 150 Å². The molecule has 26 heavy (non-hydrogen) atoms. The molecule has 0 unspecified atom stereocenters. The number of para-hydroxylation sites is 1. The Kier molecular flexibility index (Phi) is 5.19. The fraction of sp³-hybridized carbons (Fsp3) is 0.294. The van der Waals surface area contributed by atoms with Crippen molar-refractivity contribution in [2.24, 2.45) is 0 Å². The normalized spacial score (nSPS) is 20.7. The summed E-state index contributed by atoms with van der Waals surface area (Å²) in [6.45, 7) is -0.106. The second-order valence-corrected chi connectivity index (χ2v) is 7.60. The van der Waals surface area contributed by atoms with Gasteiger partial charge in [-0.1, -0.05) is 12.1 Å². The number of aromatic nitrogens is 1. The molecule has 0 amide bonds. The lowest BCUT2D eigenvalue weighted by Gasteiger charge is -2.21. The van der Waals surface area contributed by atoms with Gasteiger partial charge in [-0.15, -0.1) is 0 Å². The number of halogens is 1. The molecule has 0 saturated carbocycles. The van der Waals surface area contributed by atoms with Crippen LogP contribution in [-0.2, 0) is 19.6 Å². The first-order valence-electron chi connectivity index (χ1n) is 7.84. The van der Waals surface area contributed by atoms with Crippen LogP contribution in [-0.4, -0.2) is 49.5 Å². The number of rotatable bonds is 5. The molecule has 2 aromatic rings. The van der Waals surface area contributed by atoms with Crippen molar-refractivity contribution in [3.8, 4) is 5.75 Å². The maximum Gasteiger partial charge on any atom is 0.324 e.